The molecule has 0 aliphatic carbocycles. The number of phosphoric acid groups is 2. The number of carbonyl (C=O) groups is 1. The summed E-state index contributed by atoms with van der Waals surface area (Å²) in [4.78, 5) is 184. The summed E-state index contributed by atoms with van der Waals surface area (Å²) in [6.07, 6.45) is -30.1. The van der Waals surface area contributed by atoms with E-state index in [1.165, 1.54) is 83.6 Å². The van der Waals surface area contributed by atoms with Gasteiger partial charge in [-0.1, -0.05) is 6.92 Å². The van der Waals surface area contributed by atoms with E-state index in [-0.39, 0.29) is 135 Å². The van der Waals surface area contributed by atoms with E-state index in [4.69, 9.17) is 179 Å². The van der Waals surface area contributed by atoms with Crippen LogP contribution in [0.5, 0.6) is 0 Å². The van der Waals surface area contributed by atoms with Gasteiger partial charge in [0, 0.05) is 71.7 Å². The largest absolute Gasteiger partial charge is 0.472 e. The molecule has 0 spiro atoms. The van der Waals surface area contributed by atoms with Crippen molar-refractivity contribution in [1.82, 2.24) is 87.9 Å². The minimum atomic E-state index is -5.96. The number of urea groups is 1. The summed E-state index contributed by atoms with van der Waals surface area (Å²) >= 11 is 17.2. The van der Waals surface area contributed by atoms with Gasteiger partial charge in [0.05, 0.1) is 130 Å². The minimum Gasteiger partial charge on any atom is -0.387 e. The molecule has 7 aliphatic rings. The number of anilines is 4. The standard InChI is InChI=1S/C76H111N22O41P5S3/c1-10-37-38(21-44(129-37)96-31-84-46-61(96)87-72(79)89-65(46)102)135-142(111,145)127-28-42-50(54(120-17-12-115-6)68(132-42)94-23-35(3)63(100)91-75(94)105)137-140(107,108)124-26-40-49(55(121-18-13-116-7)71(133-40)98-33-85-47-62(98)88-73(80)90-66(47)103)136-141(109,110)125-27-41-51(56(122-19-14-117-8)69(131-41)95-24-36(4)64(101)92-76(95)106)138-144(113,147)128-29-43-52(57(123-20-15-118-9)70(134-43)97-32-83-45-59(78)81-30-82-60(45)97)139-143(112,146)126-25-39-48(99)53(119-16-11-114-5)67(130-39)93-22-34(2)58(77)86-74(93)104/h22-24,30-33,37-44,48-57,64,67-71,99,101H,10-21,25-29H2,1-9H3,(H,92,106)(H,107,108)(H,109,110)(H,111,145)(H,112,146)(H,113,147)(H2,77,86,104)(H2,78,81,82)(H,91,100,105)(H3,79,87,89,102)(H3,80,88,90,103)/t37-,38-,39-,40-,41-,42-,43-,44-,48+,49+,50+,51+,52+,53?,54?,55?,56?,57?,64?,67-,68-,69-,70-,71-,142?,143?,144?/m1/s1. The average molecular weight is 2240 g/mol. The molecule has 0 radical (unpaired) electrons. The normalized spacial score (nSPS) is 30.1. The second kappa shape index (κ2) is 48.6. The zero-order valence-corrected chi connectivity index (χ0v) is 86.4. The first-order chi connectivity index (χ1) is 70.0. The lowest BCUT2D eigenvalue weighted by molar-refractivity contribution is -0.0926. The fraction of sp³-hybridized carbons (Fsp3) is 0.658. The van der Waals surface area contributed by atoms with Gasteiger partial charge < -0.3 is 157 Å². The Morgan fingerprint density at radius 1 is 0.429 bits per heavy atom. The third kappa shape index (κ3) is 26.4. The maximum absolute atomic E-state index is 15.5. The highest BCUT2D eigenvalue weighted by Gasteiger charge is 2.59. The molecule has 6 fully saturated rings. The number of hydrogen-bond donors (Lipinski definition) is 15. The van der Waals surface area contributed by atoms with Gasteiger partial charge in [-0.05, 0) is 68.2 Å². The molecule has 71 heteroatoms. The van der Waals surface area contributed by atoms with Crippen LogP contribution in [0.1, 0.15) is 69.0 Å². The van der Waals surface area contributed by atoms with Crippen LogP contribution in [0.3, 0.4) is 0 Å². The molecule has 147 heavy (non-hydrogen) atoms. The summed E-state index contributed by atoms with van der Waals surface area (Å²) in [6, 6.07) is -1.03. The lowest BCUT2D eigenvalue weighted by Crippen LogP contribution is -2.54. The number of nitrogens with one attached hydrogen (secondary N) is 4. The van der Waals surface area contributed by atoms with Gasteiger partial charge in [0.2, 0.25) is 11.9 Å². The van der Waals surface area contributed by atoms with Crippen molar-refractivity contribution >= 4 is 134 Å². The molecule has 814 valence electrons. The molecule has 15 heterocycles. The van der Waals surface area contributed by atoms with E-state index in [9.17, 15) is 63.4 Å². The van der Waals surface area contributed by atoms with Gasteiger partial charge >= 0.3 is 53.2 Å². The number of imidazole rings is 3. The number of aromatic nitrogens is 16. The molecule has 19 N–H and O–H groups in total. The fourth-order valence-corrected chi connectivity index (χ4v) is 23.2. The highest BCUT2D eigenvalue weighted by Crippen LogP contribution is 2.58. The van der Waals surface area contributed by atoms with Crippen LogP contribution in [0.4, 0.5) is 28.3 Å². The van der Waals surface area contributed by atoms with Gasteiger partial charge in [-0.15, -0.1) is 0 Å². The van der Waals surface area contributed by atoms with Crippen LogP contribution in [-0.4, -0.2) is 374 Å². The lowest BCUT2D eigenvalue weighted by atomic mass is 10.1. The molecule has 11 unspecified atom stereocenters. The number of ether oxygens (including phenoxy) is 16. The number of nitrogens with two attached hydrogens (primary N) is 4. The Kier molecular flexibility index (Phi) is 37.4. The Hall–Kier alpha value is -7.89. The van der Waals surface area contributed by atoms with Crippen LogP contribution in [0.15, 0.2) is 73.4 Å². The summed E-state index contributed by atoms with van der Waals surface area (Å²) in [5, 5.41) is 25.1. The molecule has 0 saturated carbocycles. The number of aliphatic hydroxyl groups excluding tert-OH is 2. The number of nitrogen functional groups attached to an aromatic ring is 4. The molecule has 29 atom stereocenters. The van der Waals surface area contributed by atoms with Gasteiger partial charge in [-0.3, -0.25) is 84.2 Å². The Labute approximate surface area is 845 Å². The molecular weight excluding hydrogens is 2130 g/mol. The average Bonchev–Trinajstić information content (AvgIpc) is 1.60. The van der Waals surface area contributed by atoms with Crippen molar-refractivity contribution in [2.75, 3.05) is 158 Å². The number of amides is 2. The number of methoxy groups -OCH3 is 5. The van der Waals surface area contributed by atoms with E-state index < -0.39 is 263 Å². The van der Waals surface area contributed by atoms with Gasteiger partial charge in [-0.25, -0.2) is 48.4 Å². The highest BCUT2D eigenvalue weighted by molar-refractivity contribution is 8.07. The Bertz CT molecular complexity index is 6570. The Morgan fingerprint density at radius 2 is 0.837 bits per heavy atom. The van der Waals surface area contributed by atoms with Crippen LogP contribution in [0.2, 0.25) is 0 Å². The van der Waals surface area contributed by atoms with Gasteiger partial charge in [0.1, 0.15) is 115 Å². The van der Waals surface area contributed by atoms with E-state index in [2.05, 4.69) is 60.1 Å². The van der Waals surface area contributed by atoms with Gasteiger partial charge in [0.15, 0.2) is 71.2 Å². The first-order valence-electron chi connectivity index (χ1n) is 44.9. The summed E-state index contributed by atoms with van der Waals surface area (Å²) in [7, 11) is -5.13. The highest BCUT2D eigenvalue weighted by atomic mass is 32.5. The second-order valence-corrected chi connectivity index (χ2v) is 44.9. The number of carbonyl (C=O) groups excluding carboxylic acids is 1. The number of aryl methyl sites for hydroxylation is 2. The maximum atomic E-state index is 15.5. The summed E-state index contributed by atoms with van der Waals surface area (Å²) < 4.78 is 194. The Balaban J connectivity index is 0.721. The Morgan fingerprint density at radius 3 is 1.33 bits per heavy atom. The minimum absolute atomic E-state index is 0.0414. The second-order valence-electron chi connectivity index (χ2n) is 33.7. The van der Waals surface area contributed by atoms with Crippen LogP contribution < -0.4 is 56.3 Å². The molecule has 6 saturated heterocycles. The molecule has 8 aromatic heterocycles. The van der Waals surface area contributed by atoms with E-state index in [0.29, 0.717) is 5.56 Å². The predicted octanol–water partition coefficient (Wildman–Crippen LogP) is -2.52. The van der Waals surface area contributed by atoms with Gasteiger partial charge in [0.25, 0.3) is 16.7 Å². The van der Waals surface area contributed by atoms with Crippen molar-refractivity contribution in [1.29, 1.82) is 0 Å². The zero-order chi connectivity index (χ0) is 106. The molecule has 0 aromatic carbocycles. The van der Waals surface area contributed by atoms with Crippen molar-refractivity contribution in [3.05, 3.63) is 113 Å². The predicted molar refractivity (Wildman–Crippen MR) is 509 cm³/mol. The molecule has 15 rings (SSSR count). The number of phosphoric ester groups is 2. The molecule has 0 bridgehead atoms. The quantitative estimate of drug-likeness (QED) is 0.0138. The van der Waals surface area contributed by atoms with Crippen molar-refractivity contribution in [3.8, 4) is 0 Å². The van der Waals surface area contributed by atoms with E-state index >= 15 is 9.13 Å². The molecule has 63 nitrogen and oxygen atoms in total. The number of aromatic amines is 3. The topological polar surface area (TPSA) is 813 Å². The van der Waals surface area contributed by atoms with E-state index in [1.807, 2.05) is 0 Å². The smallest absolute Gasteiger partial charge is 0.387 e. The number of nitrogens with zero attached hydrogens (tertiary/aromatic N) is 14. The first kappa shape index (κ1) is 113. The molecular formula is C76H111N22O41P5S3. The van der Waals surface area contributed by atoms with Crippen LogP contribution >= 0.6 is 35.8 Å². The number of H-pyrrole nitrogens is 3. The molecule has 8 aromatic rings. The van der Waals surface area contributed by atoms with E-state index in [0.717, 1.165) is 37.5 Å². The summed E-state index contributed by atoms with van der Waals surface area (Å²) in [5.41, 5.74) is 19.8. The SMILES string of the molecule is CC[C@H]1O[C@@H](n2cnc3c(=O)[nH]c(N)nc32)C[C@H]1OP(O)(=S)OC[C@H]1O[C@@H](n2cc(C)c(=O)[nH]c2=O)C(OCCOC)[C@H]1OP(=O)(O)OC[C@H]1O[C@@H](n2cnc3c(=O)[nH]c(N)nc32)C(OCCOC)[C@H]1OP(=O)(O)OC[C@H]1O[C@@H](N2C=C(C)C(O)NC2=O)C(OCCOC)[C@H]1OP(O)(=S)OC[C@H]1O[C@@H](n2cnc3c(N)ncnc32)C(OCCOC)[C@H]1OP(O)(=S)OC[C@H]1O[C@@H](n2cc(C)c(N)nc2=O)C(OCCOC)[C@H]1O. The lowest BCUT2D eigenvalue weighted by Gasteiger charge is -2.35. The van der Waals surface area contributed by atoms with Gasteiger partial charge in [-0.2, -0.15) is 15.0 Å². The van der Waals surface area contributed by atoms with E-state index in [1.54, 1.807) is 13.8 Å². The maximum Gasteiger partial charge on any atom is 0.472 e. The monoisotopic (exact) mass is 2240 g/mol. The summed E-state index contributed by atoms with van der Waals surface area (Å²) in [6.45, 7) is -15.6. The fourth-order valence-electron chi connectivity index (χ4n) is 16.9. The summed E-state index contributed by atoms with van der Waals surface area (Å²) in [5.74, 6) is -0.815. The van der Waals surface area contributed by atoms with Crippen molar-refractivity contribution in [2.24, 2.45) is 0 Å². The van der Waals surface area contributed by atoms with Crippen LogP contribution in [0.25, 0.3) is 33.5 Å². The van der Waals surface area contributed by atoms with Crippen molar-refractivity contribution < 1.29 is 170 Å². The number of rotatable bonds is 52. The number of fused-ring (bicyclic) bond motifs is 3. The van der Waals surface area contributed by atoms with Crippen LogP contribution in [-0.2, 0) is 166 Å². The third-order valence-electron chi connectivity index (χ3n) is 23.9. The van der Waals surface area contributed by atoms with Crippen molar-refractivity contribution in [3.63, 3.8) is 0 Å². The zero-order valence-electron chi connectivity index (χ0n) is 79.5. The first-order valence-corrected chi connectivity index (χ1v) is 55.6. The number of aliphatic hydroxyl groups is 2. The molecule has 2 amide bonds. The number of hydrogen-bond acceptors (Lipinski definition) is 51. The van der Waals surface area contributed by atoms with Crippen LogP contribution in [0, 0.1) is 13.8 Å². The third-order valence-corrected chi connectivity index (χ3v) is 30.6. The molecule has 7 aliphatic heterocycles. The van der Waals surface area contributed by atoms with Crippen molar-refractivity contribution in [2.45, 2.75) is 188 Å².